The number of carbonyl (C=O) groups is 1. The summed E-state index contributed by atoms with van der Waals surface area (Å²) in [5, 5.41) is 4.03. The molecule has 1 N–H and O–H groups in total. The molecule has 0 unspecified atom stereocenters. The van der Waals surface area contributed by atoms with Gasteiger partial charge in [-0.25, -0.2) is 0 Å². The third kappa shape index (κ3) is 7.08. The molecule has 0 radical (unpaired) electrons. The lowest BCUT2D eigenvalue weighted by Crippen LogP contribution is -2.22. The van der Waals surface area contributed by atoms with E-state index in [-0.39, 0.29) is 5.91 Å². The summed E-state index contributed by atoms with van der Waals surface area (Å²) in [6.45, 7) is 0.873. The highest BCUT2D eigenvalue weighted by molar-refractivity contribution is 6.42. The predicted molar refractivity (Wildman–Crippen MR) is 116 cm³/mol. The van der Waals surface area contributed by atoms with E-state index in [0.717, 1.165) is 35.4 Å². The van der Waals surface area contributed by atoms with Crippen LogP contribution in [0.15, 0.2) is 66.9 Å². The Hall–Kier alpha value is -2.56. The van der Waals surface area contributed by atoms with Gasteiger partial charge in [0.25, 0.3) is 0 Å². The van der Waals surface area contributed by atoms with E-state index in [9.17, 15) is 4.79 Å². The molecule has 0 aliphatic carbocycles. The molecule has 3 aromatic rings. The number of pyridine rings is 1. The van der Waals surface area contributed by atoms with Crippen molar-refractivity contribution in [2.24, 2.45) is 0 Å². The van der Waals surface area contributed by atoms with Crippen LogP contribution in [0.4, 0.5) is 0 Å². The fourth-order valence-corrected chi connectivity index (χ4v) is 3.14. The number of nitrogens with one attached hydrogen (secondary N) is 1. The Kier molecular flexibility index (Phi) is 7.91. The second kappa shape index (κ2) is 10.8. The first-order valence-electron chi connectivity index (χ1n) is 9.42. The molecule has 4 nitrogen and oxygen atoms in total. The topological polar surface area (TPSA) is 51.2 Å². The predicted octanol–water partition coefficient (Wildman–Crippen LogP) is 5.61. The molecule has 0 aliphatic heterocycles. The highest BCUT2D eigenvalue weighted by Gasteiger charge is 2.05. The number of amides is 1. The Morgan fingerprint density at radius 3 is 2.66 bits per heavy atom. The van der Waals surface area contributed by atoms with Gasteiger partial charge in [0.15, 0.2) is 0 Å². The van der Waals surface area contributed by atoms with Crippen LogP contribution in [0.1, 0.15) is 29.7 Å². The van der Waals surface area contributed by atoms with E-state index in [2.05, 4.69) is 10.3 Å². The molecule has 0 bridgehead atoms. The summed E-state index contributed by atoms with van der Waals surface area (Å²) >= 11 is 11.9. The smallest absolute Gasteiger partial charge is 0.220 e. The van der Waals surface area contributed by atoms with Crippen LogP contribution in [0.2, 0.25) is 10.0 Å². The summed E-state index contributed by atoms with van der Waals surface area (Å²) < 4.78 is 5.78. The second-order valence-corrected chi connectivity index (χ2v) is 7.45. The fraction of sp³-hybridized carbons (Fsp3) is 0.217. The van der Waals surface area contributed by atoms with E-state index >= 15 is 0 Å². The minimum Gasteiger partial charge on any atom is -0.487 e. The van der Waals surface area contributed by atoms with Gasteiger partial charge in [-0.2, -0.15) is 0 Å². The molecule has 1 aromatic heterocycles. The van der Waals surface area contributed by atoms with Gasteiger partial charge in [-0.15, -0.1) is 0 Å². The quantitative estimate of drug-likeness (QED) is 0.481. The summed E-state index contributed by atoms with van der Waals surface area (Å²) in [4.78, 5) is 16.4. The minimum absolute atomic E-state index is 0.0184. The van der Waals surface area contributed by atoms with Crippen LogP contribution in [0, 0.1) is 0 Å². The van der Waals surface area contributed by atoms with Crippen LogP contribution in [-0.2, 0) is 24.4 Å². The maximum absolute atomic E-state index is 12.1. The molecule has 6 heteroatoms. The number of aromatic nitrogens is 1. The van der Waals surface area contributed by atoms with Crippen LogP contribution in [0.25, 0.3) is 0 Å². The first-order valence-corrected chi connectivity index (χ1v) is 10.2. The average molecular weight is 429 g/mol. The lowest BCUT2D eigenvalue weighted by Gasteiger charge is -2.09. The lowest BCUT2D eigenvalue weighted by atomic mass is 10.1. The van der Waals surface area contributed by atoms with Crippen LogP contribution < -0.4 is 10.1 Å². The Labute approximate surface area is 180 Å². The van der Waals surface area contributed by atoms with Crippen LogP contribution in [0.5, 0.6) is 5.75 Å². The van der Waals surface area contributed by atoms with Crippen molar-refractivity contribution in [2.45, 2.75) is 32.4 Å². The summed E-state index contributed by atoms with van der Waals surface area (Å²) in [6.07, 6.45) is 3.72. The maximum atomic E-state index is 12.1. The highest BCUT2D eigenvalue weighted by atomic mass is 35.5. The first kappa shape index (κ1) is 21.2. The van der Waals surface area contributed by atoms with Crippen molar-refractivity contribution >= 4 is 29.1 Å². The fourth-order valence-electron chi connectivity index (χ4n) is 2.82. The van der Waals surface area contributed by atoms with Crippen LogP contribution in [0.3, 0.4) is 0 Å². The molecule has 0 saturated carbocycles. The van der Waals surface area contributed by atoms with Crippen molar-refractivity contribution in [3.05, 3.63) is 93.7 Å². The minimum atomic E-state index is 0.0184. The molecular formula is C23H22Cl2N2O2. The lowest BCUT2D eigenvalue weighted by molar-refractivity contribution is -0.121. The largest absolute Gasteiger partial charge is 0.487 e. The van der Waals surface area contributed by atoms with E-state index in [4.69, 9.17) is 27.9 Å². The number of nitrogens with zero attached hydrogens (tertiary/aromatic N) is 1. The second-order valence-electron chi connectivity index (χ2n) is 6.64. The normalized spacial score (nSPS) is 10.6. The molecule has 0 atom stereocenters. The molecule has 0 fully saturated rings. The van der Waals surface area contributed by atoms with Gasteiger partial charge in [0, 0.05) is 19.2 Å². The number of rotatable bonds is 9. The van der Waals surface area contributed by atoms with Crippen LogP contribution >= 0.6 is 23.2 Å². The Bertz CT molecular complexity index is 949. The van der Waals surface area contributed by atoms with Crippen molar-refractivity contribution in [1.82, 2.24) is 10.3 Å². The molecule has 1 heterocycles. The van der Waals surface area contributed by atoms with Gasteiger partial charge in [0.2, 0.25) is 5.91 Å². The van der Waals surface area contributed by atoms with Crippen molar-refractivity contribution < 1.29 is 9.53 Å². The molecule has 1 amide bonds. The standard InChI is InChI=1S/C23H22Cl2N2O2/c24-21-11-10-17(14-22(21)25)5-4-9-23(28)27-15-18-6-3-8-20(13-18)29-16-19-7-1-2-12-26-19/h1-3,6-8,10-14H,4-5,9,15-16H2,(H,27,28). The van der Waals surface area contributed by atoms with E-state index in [0.29, 0.717) is 29.6 Å². The summed E-state index contributed by atoms with van der Waals surface area (Å²) in [7, 11) is 0. The molecular weight excluding hydrogens is 407 g/mol. The van der Waals surface area contributed by atoms with Crippen molar-refractivity contribution in [1.29, 1.82) is 0 Å². The SMILES string of the molecule is O=C(CCCc1ccc(Cl)c(Cl)c1)NCc1cccc(OCc2ccccn2)c1. The number of benzene rings is 2. The maximum Gasteiger partial charge on any atom is 0.220 e. The molecule has 29 heavy (non-hydrogen) atoms. The van der Waals surface area contributed by atoms with E-state index < -0.39 is 0 Å². The average Bonchev–Trinajstić information content (AvgIpc) is 2.74. The van der Waals surface area contributed by atoms with Gasteiger partial charge in [-0.05, 0) is 60.4 Å². The highest BCUT2D eigenvalue weighted by Crippen LogP contribution is 2.23. The van der Waals surface area contributed by atoms with Crippen molar-refractivity contribution in [2.75, 3.05) is 0 Å². The Morgan fingerprint density at radius 2 is 1.86 bits per heavy atom. The van der Waals surface area contributed by atoms with E-state index in [1.807, 2.05) is 54.6 Å². The number of carbonyl (C=O) groups excluding carboxylic acids is 1. The van der Waals surface area contributed by atoms with E-state index in [1.165, 1.54) is 0 Å². The summed E-state index contributed by atoms with van der Waals surface area (Å²) in [5.41, 5.74) is 2.93. The zero-order chi connectivity index (χ0) is 20.5. The zero-order valence-corrected chi connectivity index (χ0v) is 17.4. The Morgan fingerprint density at radius 1 is 0.966 bits per heavy atom. The monoisotopic (exact) mass is 428 g/mol. The number of hydrogen-bond acceptors (Lipinski definition) is 3. The first-order chi connectivity index (χ1) is 14.1. The molecule has 0 spiro atoms. The Balaban J connectivity index is 1.41. The third-order valence-corrected chi connectivity index (χ3v) is 5.09. The van der Waals surface area contributed by atoms with Crippen molar-refractivity contribution in [3.63, 3.8) is 0 Å². The van der Waals surface area contributed by atoms with Crippen molar-refractivity contribution in [3.8, 4) is 5.75 Å². The molecule has 2 aromatic carbocycles. The van der Waals surface area contributed by atoms with Crippen LogP contribution in [-0.4, -0.2) is 10.9 Å². The van der Waals surface area contributed by atoms with Gasteiger partial charge in [-0.1, -0.05) is 47.5 Å². The van der Waals surface area contributed by atoms with Gasteiger partial charge in [-0.3, -0.25) is 9.78 Å². The summed E-state index contributed by atoms with van der Waals surface area (Å²) in [5.74, 6) is 0.770. The van der Waals surface area contributed by atoms with Gasteiger partial charge in [0.05, 0.1) is 15.7 Å². The van der Waals surface area contributed by atoms with Gasteiger partial charge >= 0.3 is 0 Å². The van der Waals surface area contributed by atoms with Gasteiger partial charge < -0.3 is 10.1 Å². The molecule has 0 aliphatic rings. The molecule has 150 valence electrons. The molecule has 0 saturated heterocycles. The van der Waals surface area contributed by atoms with E-state index in [1.54, 1.807) is 12.3 Å². The summed E-state index contributed by atoms with van der Waals surface area (Å²) in [6, 6.07) is 19.0. The molecule has 3 rings (SSSR count). The van der Waals surface area contributed by atoms with Gasteiger partial charge in [0.1, 0.15) is 12.4 Å². The third-order valence-electron chi connectivity index (χ3n) is 4.35. The number of aryl methyl sites for hydroxylation is 1. The number of halogens is 2. The zero-order valence-electron chi connectivity index (χ0n) is 15.9. The number of hydrogen-bond donors (Lipinski definition) is 1. The number of ether oxygens (including phenoxy) is 1.